The number of rotatable bonds is 14. The molecule has 16 heteroatoms. The van der Waals surface area contributed by atoms with E-state index in [1.54, 1.807) is 41.7 Å². The van der Waals surface area contributed by atoms with Crippen molar-refractivity contribution in [2.24, 2.45) is 16.7 Å². The van der Waals surface area contributed by atoms with E-state index < -0.39 is 31.4 Å². The number of nitro groups is 1. The SMILES string of the molecule is CC1(C)CCC(CNc2ncc(S(=O)(=O)NC(=O)c3ccc(N4CCC5(CC4)CC(N4CCN(C6CC6)C[C@@H]4c4ccccc4C4CC4)C5)cc3Oc3cnc4[nH]ccc4c3)cc2[N+](=O)[O-])CC1. The van der Waals surface area contributed by atoms with Crippen LogP contribution in [0.25, 0.3) is 11.0 Å². The van der Waals surface area contributed by atoms with Crippen LogP contribution in [0.2, 0.25) is 0 Å². The van der Waals surface area contributed by atoms with Crippen LogP contribution in [0.5, 0.6) is 11.5 Å². The topological polar surface area (TPSA) is 179 Å². The maximum atomic E-state index is 14.1. The maximum absolute atomic E-state index is 14.1. The number of aromatic amines is 1. The van der Waals surface area contributed by atoms with Crippen LogP contribution in [0, 0.1) is 26.9 Å². The zero-order valence-corrected chi connectivity index (χ0v) is 40.0. The van der Waals surface area contributed by atoms with Gasteiger partial charge in [0, 0.05) is 86.8 Å². The van der Waals surface area contributed by atoms with Crippen molar-refractivity contribution in [1.29, 1.82) is 0 Å². The number of piperazine rings is 1. The Morgan fingerprint density at radius 2 is 1.65 bits per heavy atom. The van der Waals surface area contributed by atoms with Gasteiger partial charge in [0.15, 0.2) is 0 Å². The highest BCUT2D eigenvalue weighted by Crippen LogP contribution is 2.54. The van der Waals surface area contributed by atoms with Gasteiger partial charge < -0.3 is 19.9 Å². The second kappa shape index (κ2) is 17.7. The van der Waals surface area contributed by atoms with Crippen LogP contribution >= 0.6 is 0 Å². The number of nitrogens with zero attached hydrogens (tertiary/aromatic N) is 6. The van der Waals surface area contributed by atoms with Gasteiger partial charge in [0.05, 0.1) is 22.9 Å². The van der Waals surface area contributed by atoms with Gasteiger partial charge in [-0.15, -0.1) is 0 Å². The summed E-state index contributed by atoms with van der Waals surface area (Å²) in [6.07, 6.45) is 18.3. The minimum Gasteiger partial charge on any atom is -0.455 e. The fourth-order valence-electron chi connectivity index (χ4n) is 11.8. The van der Waals surface area contributed by atoms with Gasteiger partial charge in [0.1, 0.15) is 22.0 Å². The minimum absolute atomic E-state index is 0.00807. The quantitative estimate of drug-likeness (QED) is 0.0711. The number of fused-ring (bicyclic) bond motifs is 1. The lowest BCUT2D eigenvalue weighted by molar-refractivity contribution is -0.384. The van der Waals surface area contributed by atoms with Crippen LogP contribution in [0.3, 0.4) is 0 Å². The molecule has 1 atom stereocenters. The number of carbonyl (C=O) groups is 1. The first-order chi connectivity index (χ1) is 32.8. The van der Waals surface area contributed by atoms with Crippen molar-refractivity contribution in [2.45, 2.75) is 120 Å². The monoisotopic (exact) mass is 941 g/mol. The number of anilines is 2. The summed E-state index contributed by atoms with van der Waals surface area (Å²) < 4.78 is 36.1. The zero-order valence-electron chi connectivity index (χ0n) is 39.2. The molecule has 11 rings (SSSR count). The highest BCUT2D eigenvalue weighted by atomic mass is 32.2. The van der Waals surface area contributed by atoms with Gasteiger partial charge >= 0.3 is 5.69 Å². The first kappa shape index (κ1) is 44.9. The van der Waals surface area contributed by atoms with Crippen molar-refractivity contribution >= 4 is 44.2 Å². The van der Waals surface area contributed by atoms with Crippen molar-refractivity contribution < 1.29 is 22.9 Å². The number of amides is 1. The van der Waals surface area contributed by atoms with E-state index in [4.69, 9.17) is 4.74 Å². The highest BCUT2D eigenvalue weighted by Gasteiger charge is 2.51. The Bertz CT molecular complexity index is 2820. The molecule has 6 aliphatic rings. The Hall–Kier alpha value is -5.58. The lowest BCUT2D eigenvalue weighted by Gasteiger charge is -2.58. The molecule has 0 bridgehead atoms. The third kappa shape index (κ3) is 9.30. The number of pyridine rings is 2. The van der Waals surface area contributed by atoms with E-state index in [2.05, 4.69) is 77.8 Å². The third-order valence-electron chi connectivity index (χ3n) is 16.3. The summed E-state index contributed by atoms with van der Waals surface area (Å²) >= 11 is 0. The van der Waals surface area contributed by atoms with Crippen molar-refractivity contribution in [3.63, 3.8) is 0 Å². The molecular formula is C52H63N9O6S. The van der Waals surface area contributed by atoms with Gasteiger partial charge in [-0.05, 0) is 135 Å². The lowest BCUT2D eigenvalue weighted by Crippen LogP contribution is -2.60. The second-order valence-electron chi connectivity index (χ2n) is 21.5. The van der Waals surface area contributed by atoms with E-state index >= 15 is 0 Å². The number of sulfonamides is 1. The normalized spacial score (nSPS) is 22.5. The average Bonchev–Trinajstić information content (AvgIpc) is 4.28. The lowest BCUT2D eigenvalue weighted by atomic mass is 9.59. The molecule has 2 aliphatic heterocycles. The summed E-state index contributed by atoms with van der Waals surface area (Å²) in [6.45, 7) is 10.1. The number of aromatic nitrogens is 3. The number of H-pyrrole nitrogens is 1. The van der Waals surface area contributed by atoms with Crippen LogP contribution in [-0.2, 0) is 10.0 Å². The molecule has 0 radical (unpaired) electrons. The average molecular weight is 942 g/mol. The molecule has 3 aromatic heterocycles. The number of nitrogens with one attached hydrogen (secondary N) is 3. The largest absolute Gasteiger partial charge is 0.455 e. The summed E-state index contributed by atoms with van der Waals surface area (Å²) in [4.78, 5) is 44.8. The van der Waals surface area contributed by atoms with Gasteiger partial charge in [0.2, 0.25) is 5.82 Å². The van der Waals surface area contributed by atoms with E-state index in [0.29, 0.717) is 41.4 Å². The van der Waals surface area contributed by atoms with E-state index in [9.17, 15) is 23.3 Å². The Balaban J connectivity index is 0.784. The summed E-state index contributed by atoms with van der Waals surface area (Å²) in [7, 11) is -4.60. The number of piperidine rings is 1. The van der Waals surface area contributed by atoms with Crippen LogP contribution in [0.4, 0.5) is 17.2 Å². The third-order valence-corrected chi connectivity index (χ3v) is 17.6. The van der Waals surface area contributed by atoms with E-state index in [0.717, 1.165) is 107 Å². The Labute approximate surface area is 398 Å². The van der Waals surface area contributed by atoms with E-state index in [1.165, 1.54) is 38.5 Å². The van der Waals surface area contributed by atoms with Crippen LogP contribution in [0.15, 0.2) is 84.1 Å². The number of benzene rings is 2. The molecule has 1 amide bonds. The highest BCUT2D eigenvalue weighted by molar-refractivity contribution is 7.90. The molecule has 0 unspecified atom stereocenters. The fraction of sp³-hybridized carbons (Fsp3) is 0.519. The number of hydrogen-bond donors (Lipinski definition) is 3. The number of hydrogen-bond acceptors (Lipinski definition) is 12. The summed E-state index contributed by atoms with van der Waals surface area (Å²) in [5.41, 5.74) is 4.76. The van der Waals surface area contributed by atoms with Gasteiger partial charge in [-0.2, -0.15) is 0 Å². The maximum Gasteiger partial charge on any atom is 0.312 e. The standard InChI is InChI=1S/C52H63N9O6S/c1-51(2)16-13-34(14-17-51)30-54-49-45(61(63)64)27-41(32-56-49)68(65,66)57-50(62)44-12-11-38(26-47(44)67-40-25-36-15-20-53-48(36)55-31-40)58-21-18-52(19-22-58)28-39(29-52)60-24-23-59(37-9-10-37)33-46(60)43-6-4-3-5-42(43)35-7-8-35/h3-6,11-12,15,20,25-27,31-32,34-35,37,39,46H,7-10,13-14,16-19,21-24,28-30,33H2,1-2H3,(H,53,55)(H,54,56)(H,57,62)/t46-/m1/s1. The zero-order chi connectivity index (χ0) is 46.8. The second-order valence-corrected chi connectivity index (χ2v) is 23.2. The van der Waals surface area contributed by atoms with Gasteiger partial charge in [-0.25, -0.2) is 23.1 Å². The summed E-state index contributed by atoms with van der Waals surface area (Å²) in [5.74, 6) is 0.637. The molecule has 15 nitrogen and oxygen atoms in total. The molecule has 4 saturated carbocycles. The fourth-order valence-corrected chi connectivity index (χ4v) is 12.7. The molecule has 1 spiro atoms. The Morgan fingerprint density at radius 3 is 2.38 bits per heavy atom. The van der Waals surface area contributed by atoms with Crippen molar-refractivity contribution in [1.82, 2.24) is 29.5 Å². The molecule has 2 aromatic carbocycles. The molecule has 5 aromatic rings. The first-order valence-electron chi connectivity index (χ1n) is 24.8. The molecule has 4 aliphatic carbocycles. The van der Waals surface area contributed by atoms with Crippen molar-refractivity contribution in [3.8, 4) is 11.5 Å². The van der Waals surface area contributed by atoms with Crippen LogP contribution in [0.1, 0.15) is 124 Å². The van der Waals surface area contributed by atoms with Gasteiger partial charge in [0.25, 0.3) is 15.9 Å². The van der Waals surface area contributed by atoms with Crippen molar-refractivity contribution in [3.05, 3.63) is 106 Å². The summed E-state index contributed by atoms with van der Waals surface area (Å²) in [5, 5.41) is 16.1. The molecule has 5 heterocycles. The molecule has 3 N–H and O–H groups in total. The Morgan fingerprint density at radius 1 is 0.882 bits per heavy atom. The van der Waals surface area contributed by atoms with Crippen LogP contribution < -0.4 is 19.7 Å². The Kier molecular flexibility index (Phi) is 11.7. The minimum atomic E-state index is -4.60. The predicted molar refractivity (Wildman–Crippen MR) is 262 cm³/mol. The molecule has 68 heavy (non-hydrogen) atoms. The summed E-state index contributed by atoms with van der Waals surface area (Å²) in [6, 6.07) is 20.9. The molecule has 6 fully saturated rings. The van der Waals surface area contributed by atoms with Gasteiger partial charge in [-0.3, -0.25) is 24.7 Å². The molecular weight excluding hydrogens is 879 g/mol. The smallest absolute Gasteiger partial charge is 0.312 e. The van der Waals surface area contributed by atoms with Crippen LogP contribution in [-0.4, -0.2) is 95.4 Å². The van der Waals surface area contributed by atoms with E-state index in [-0.39, 0.29) is 22.5 Å². The number of carbonyl (C=O) groups excluding carboxylic acids is 1. The van der Waals surface area contributed by atoms with Crippen molar-refractivity contribution in [2.75, 3.05) is 49.5 Å². The van der Waals surface area contributed by atoms with E-state index in [1.807, 2.05) is 12.1 Å². The first-order valence-corrected chi connectivity index (χ1v) is 26.3. The molecule has 2 saturated heterocycles. The number of ether oxygens (including phenoxy) is 1. The molecule has 358 valence electrons. The van der Waals surface area contributed by atoms with Gasteiger partial charge in [-0.1, -0.05) is 38.1 Å². The predicted octanol–water partition coefficient (Wildman–Crippen LogP) is 9.55.